The van der Waals surface area contributed by atoms with E-state index in [1.54, 1.807) is 25.4 Å². The highest BCUT2D eigenvalue weighted by atomic mass is 32.2. The van der Waals surface area contributed by atoms with Crippen molar-refractivity contribution < 1.29 is 12.8 Å². The molecule has 0 spiro atoms. The molecule has 0 amide bonds. The van der Waals surface area contributed by atoms with E-state index in [0.29, 0.717) is 33.4 Å². The topological polar surface area (TPSA) is 99.7 Å². The van der Waals surface area contributed by atoms with E-state index < -0.39 is 15.8 Å². The Labute approximate surface area is 177 Å². The maximum atomic E-state index is 15.1. The molecule has 5 rings (SSSR count). The van der Waals surface area contributed by atoms with Crippen molar-refractivity contribution >= 4 is 37.6 Å². The second kappa shape index (κ2) is 6.67. The molecule has 0 radical (unpaired) electrons. The summed E-state index contributed by atoms with van der Waals surface area (Å²) in [5.74, 6) is -0.397. The number of hydrogen-bond donors (Lipinski definition) is 2. The van der Waals surface area contributed by atoms with Crippen LogP contribution in [0.2, 0.25) is 0 Å². The van der Waals surface area contributed by atoms with E-state index in [1.165, 1.54) is 29.7 Å². The van der Waals surface area contributed by atoms with Crippen molar-refractivity contribution in [1.82, 2.24) is 24.7 Å². The number of aromatic amines is 2. The number of pyridine rings is 1. The number of H-pyrrole nitrogens is 2. The lowest BCUT2D eigenvalue weighted by atomic mass is 10.0. The Morgan fingerprint density at radius 2 is 2.00 bits per heavy atom. The van der Waals surface area contributed by atoms with Crippen LogP contribution in [0.4, 0.5) is 10.1 Å². The van der Waals surface area contributed by atoms with Gasteiger partial charge in [-0.1, -0.05) is 0 Å². The van der Waals surface area contributed by atoms with Crippen molar-refractivity contribution in [2.75, 3.05) is 11.4 Å². The van der Waals surface area contributed by atoms with E-state index >= 15 is 4.39 Å². The van der Waals surface area contributed by atoms with E-state index in [0.717, 1.165) is 10.9 Å². The third kappa shape index (κ3) is 2.82. The second-order valence-electron chi connectivity index (χ2n) is 7.43. The van der Waals surface area contributed by atoms with Gasteiger partial charge in [-0.15, -0.1) is 0 Å². The number of fused-ring (bicyclic) bond motifs is 2. The van der Waals surface area contributed by atoms with E-state index in [4.69, 9.17) is 0 Å². The molecular weight excluding hydrogens is 419 g/mol. The first-order chi connectivity index (χ1) is 14.8. The molecule has 1 aromatic carbocycles. The standard InChI is InChI=1S/C21H19FN6O2S/c1-12-10-23-21-19(20(12)28(3)31(29,30)18-4-6-25-26-18)15(11-24-21)14-9-17-13(8-16(14)22)5-7-27(17)2/h4-11H,1-3H3,(H,23,24)(H,25,26). The summed E-state index contributed by atoms with van der Waals surface area (Å²) in [6.07, 6.45) is 6.49. The number of nitrogens with one attached hydrogen (secondary N) is 2. The molecule has 0 atom stereocenters. The highest BCUT2D eigenvalue weighted by Gasteiger charge is 2.28. The molecule has 10 heteroatoms. The Morgan fingerprint density at radius 3 is 2.74 bits per heavy atom. The van der Waals surface area contributed by atoms with Crippen LogP contribution in [0.25, 0.3) is 33.1 Å². The normalized spacial score (nSPS) is 12.1. The monoisotopic (exact) mass is 438 g/mol. The lowest BCUT2D eigenvalue weighted by molar-refractivity contribution is 0.590. The maximum absolute atomic E-state index is 15.1. The van der Waals surface area contributed by atoms with Gasteiger partial charge in [0.25, 0.3) is 10.0 Å². The van der Waals surface area contributed by atoms with E-state index in [9.17, 15) is 8.42 Å². The lowest BCUT2D eigenvalue weighted by Crippen LogP contribution is -2.28. The number of aryl methyl sites for hydroxylation is 2. The first-order valence-electron chi connectivity index (χ1n) is 9.49. The average molecular weight is 438 g/mol. The summed E-state index contributed by atoms with van der Waals surface area (Å²) in [7, 11) is -0.553. The molecule has 8 nitrogen and oxygen atoms in total. The zero-order chi connectivity index (χ0) is 21.9. The minimum atomic E-state index is -3.91. The van der Waals surface area contributed by atoms with Crippen LogP contribution in [-0.4, -0.2) is 40.2 Å². The molecule has 0 fully saturated rings. The molecule has 0 bridgehead atoms. The minimum Gasteiger partial charge on any atom is -0.351 e. The van der Waals surface area contributed by atoms with Gasteiger partial charge in [-0.3, -0.25) is 9.40 Å². The van der Waals surface area contributed by atoms with Crippen LogP contribution >= 0.6 is 0 Å². The third-order valence-electron chi connectivity index (χ3n) is 5.55. The summed E-state index contributed by atoms with van der Waals surface area (Å²) >= 11 is 0. The Balaban J connectivity index is 1.79. The number of aromatic nitrogens is 5. The Kier molecular flexibility index (Phi) is 4.16. The van der Waals surface area contributed by atoms with Gasteiger partial charge in [-0.25, -0.2) is 9.37 Å². The number of rotatable bonds is 4. The molecule has 31 heavy (non-hydrogen) atoms. The van der Waals surface area contributed by atoms with Crippen molar-refractivity contribution in [1.29, 1.82) is 0 Å². The number of halogens is 1. The van der Waals surface area contributed by atoms with E-state index in [1.807, 2.05) is 23.9 Å². The van der Waals surface area contributed by atoms with Gasteiger partial charge in [0.2, 0.25) is 0 Å². The van der Waals surface area contributed by atoms with Crippen LogP contribution < -0.4 is 4.31 Å². The molecule has 2 N–H and O–H groups in total. The highest BCUT2D eigenvalue weighted by molar-refractivity contribution is 7.92. The summed E-state index contributed by atoms with van der Waals surface area (Å²) in [6, 6.07) is 6.49. The molecule has 0 saturated heterocycles. The molecule has 5 aromatic rings. The molecule has 0 saturated carbocycles. The van der Waals surface area contributed by atoms with Gasteiger partial charge in [0, 0.05) is 54.7 Å². The predicted octanol–water partition coefficient (Wildman–Crippen LogP) is 3.72. The SMILES string of the molecule is Cc1cnc2[nH]cc(-c3cc4c(ccn4C)cc3F)c2c1N(C)S(=O)(=O)c1ccn[nH]1. The van der Waals surface area contributed by atoms with Gasteiger partial charge in [0.05, 0.1) is 17.3 Å². The quantitative estimate of drug-likeness (QED) is 0.447. The molecule has 158 valence electrons. The fourth-order valence-electron chi connectivity index (χ4n) is 3.94. The summed E-state index contributed by atoms with van der Waals surface area (Å²) in [5, 5.41) is 7.53. The van der Waals surface area contributed by atoms with Crippen molar-refractivity contribution in [2.45, 2.75) is 11.9 Å². The number of benzene rings is 1. The van der Waals surface area contributed by atoms with Crippen LogP contribution in [0, 0.1) is 12.7 Å². The first-order valence-corrected chi connectivity index (χ1v) is 10.9. The van der Waals surface area contributed by atoms with Gasteiger partial charge < -0.3 is 9.55 Å². The Bertz CT molecular complexity index is 1550. The van der Waals surface area contributed by atoms with Gasteiger partial charge in [0.1, 0.15) is 11.5 Å². The van der Waals surface area contributed by atoms with Gasteiger partial charge in [-0.2, -0.15) is 13.5 Å². The third-order valence-corrected chi connectivity index (χ3v) is 7.24. The molecule has 0 aliphatic carbocycles. The maximum Gasteiger partial charge on any atom is 0.281 e. The minimum absolute atomic E-state index is 0.0344. The number of sulfonamides is 1. The fourth-order valence-corrected chi connectivity index (χ4v) is 5.11. The molecule has 0 unspecified atom stereocenters. The molecule has 4 aromatic heterocycles. The van der Waals surface area contributed by atoms with Crippen LogP contribution in [0.3, 0.4) is 0 Å². The zero-order valence-electron chi connectivity index (χ0n) is 17.0. The summed E-state index contributed by atoms with van der Waals surface area (Å²) < 4.78 is 44.5. The van der Waals surface area contributed by atoms with Crippen molar-refractivity contribution in [3.8, 4) is 11.1 Å². The van der Waals surface area contributed by atoms with Crippen molar-refractivity contribution in [3.63, 3.8) is 0 Å². The van der Waals surface area contributed by atoms with E-state index in [2.05, 4.69) is 20.2 Å². The average Bonchev–Trinajstić information content (AvgIpc) is 3.48. The van der Waals surface area contributed by atoms with Crippen molar-refractivity contribution in [2.24, 2.45) is 7.05 Å². The number of anilines is 1. The van der Waals surface area contributed by atoms with Gasteiger partial charge >= 0.3 is 0 Å². The first kappa shape index (κ1) is 19.3. The van der Waals surface area contributed by atoms with Crippen LogP contribution in [-0.2, 0) is 17.1 Å². The summed E-state index contributed by atoms with van der Waals surface area (Å²) in [6.45, 7) is 1.77. The Morgan fingerprint density at radius 1 is 1.19 bits per heavy atom. The summed E-state index contributed by atoms with van der Waals surface area (Å²) in [4.78, 5) is 7.44. The predicted molar refractivity (Wildman–Crippen MR) is 117 cm³/mol. The van der Waals surface area contributed by atoms with Gasteiger partial charge in [-0.05, 0) is 36.8 Å². The van der Waals surface area contributed by atoms with Gasteiger partial charge in [0.15, 0.2) is 5.03 Å². The molecule has 4 heterocycles. The zero-order valence-corrected chi connectivity index (χ0v) is 17.8. The van der Waals surface area contributed by atoms with Crippen LogP contribution in [0.5, 0.6) is 0 Å². The molecular formula is C21H19FN6O2S. The fraction of sp³-hybridized carbons (Fsp3) is 0.143. The van der Waals surface area contributed by atoms with Crippen LogP contribution in [0.15, 0.2) is 54.1 Å². The lowest BCUT2D eigenvalue weighted by Gasteiger charge is -2.22. The van der Waals surface area contributed by atoms with Crippen molar-refractivity contribution in [3.05, 3.63) is 60.4 Å². The summed E-state index contributed by atoms with van der Waals surface area (Å²) in [5.41, 5.74) is 3.29. The highest BCUT2D eigenvalue weighted by Crippen LogP contribution is 2.40. The number of nitrogens with zero attached hydrogens (tertiary/aromatic N) is 4. The largest absolute Gasteiger partial charge is 0.351 e. The second-order valence-corrected chi connectivity index (χ2v) is 9.36. The molecule has 0 aliphatic heterocycles. The van der Waals surface area contributed by atoms with E-state index in [-0.39, 0.29) is 5.03 Å². The Hall–Kier alpha value is -3.66. The number of hydrogen-bond acceptors (Lipinski definition) is 4. The molecule has 0 aliphatic rings. The smallest absolute Gasteiger partial charge is 0.281 e. The van der Waals surface area contributed by atoms with Crippen LogP contribution in [0.1, 0.15) is 5.56 Å².